The third-order valence-corrected chi connectivity index (χ3v) is 12.5. The van der Waals surface area contributed by atoms with Crippen molar-refractivity contribution in [3.63, 3.8) is 0 Å². The number of nitrogens with one attached hydrogen (secondary N) is 1. The zero-order chi connectivity index (χ0) is 37.8. The predicted octanol–water partition coefficient (Wildman–Crippen LogP) is 12.7. The molecule has 0 saturated heterocycles. The molecular weight excluding hydrogens is 697 g/mol. The van der Waals surface area contributed by atoms with Gasteiger partial charge in [-0.15, -0.1) is 0 Å². The van der Waals surface area contributed by atoms with Gasteiger partial charge in [-0.1, -0.05) is 133 Å². The number of furan rings is 1. The quantitative estimate of drug-likeness (QED) is 0.140. The van der Waals surface area contributed by atoms with Crippen molar-refractivity contribution in [1.82, 2.24) is 4.57 Å². The molecule has 0 radical (unpaired) electrons. The predicted molar refractivity (Wildman–Crippen MR) is 235 cm³/mol. The minimum Gasteiger partial charge on any atom is -0.456 e. The van der Waals surface area contributed by atoms with Gasteiger partial charge in [0.1, 0.15) is 11.2 Å². The molecule has 0 unspecified atom stereocenters. The lowest BCUT2D eigenvalue weighted by Crippen LogP contribution is -2.27. The van der Waals surface area contributed by atoms with E-state index in [1.165, 1.54) is 49.9 Å². The van der Waals surface area contributed by atoms with Crippen LogP contribution in [0.5, 0.6) is 0 Å². The second-order valence-corrected chi connectivity index (χ2v) is 15.2. The number of amidine groups is 1. The van der Waals surface area contributed by atoms with E-state index in [0.29, 0.717) is 17.1 Å². The molecule has 0 atom stereocenters. The zero-order valence-electron chi connectivity index (χ0n) is 31.0. The molecular formula is C52H34N4O. The van der Waals surface area contributed by atoms with Crippen molar-refractivity contribution in [1.29, 1.82) is 5.41 Å². The highest BCUT2D eigenvalue weighted by atomic mass is 16.3. The van der Waals surface area contributed by atoms with Crippen molar-refractivity contribution in [2.24, 2.45) is 9.98 Å². The van der Waals surface area contributed by atoms with Gasteiger partial charge < -0.3 is 4.42 Å². The van der Waals surface area contributed by atoms with Gasteiger partial charge in [0.25, 0.3) is 0 Å². The summed E-state index contributed by atoms with van der Waals surface area (Å²) in [7, 11) is 0. The molecule has 12 rings (SSSR count). The second-order valence-electron chi connectivity index (χ2n) is 15.2. The fraction of sp³-hybridized carbons (Fsp3) is 0.0577. The van der Waals surface area contributed by atoms with E-state index in [0.717, 1.165) is 56.7 Å². The number of fused-ring (bicyclic) bond motifs is 16. The van der Waals surface area contributed by atoms with E-state index in [1.54, 1.807) is 0 Å². The highest BCUT2D eigenvalue weighted by Gasteiger charge is 2.53. The topological polar surface area (TPSA) is 66.6 Å². The fourth-order valence-corrected chi connectivity index (χ4v) is 10.3. The summed E-state index contributed by atoms with van der Waals surface area (Å²) in [5.41, 5.74) is 16.6. The van der Waals surface area contributed by atoms with E-state index in [9.17, 15) is 5.41 Å². The molecule has 0 saturated carbocycles. The maximum absolute atomic E-state index is 9.31. The summed E-state index contributed by atoms with van der Waals surface area (Å²) in [6.45, 7) is 4.01. The summed E-state index contributed by atoms with van der Waals surface area (Å²) in [5, 5.41) is 13.7. The minimum atomic E-state index is -0.404. The molecule has 3 aliphatic carbocycles. The second kappa shape index (κ2) is 11.8. The summed E-state index contributed by atoms with van der Waals surface area (Å²) in [6.07, 6.45) is 6.70. The molecule has 2 heterocycles. The van der Waals surface area contributed by atoms with Crippen LogP contribution >= 0.6 is 0 Å². The molecule has 1 spiro atoms. The van der Waals surface area contributed by atoms with E-state index in [-0.39, 0.29) is 5.84 Å². The van der Waals surface area contributed by atoms with Gasteiger partial charge in [-0.25, -0.2) is 4.99 Å². The van der Waals surface area contributed by atoms with Crippen molar-refractivity contribution in [2.75, 3.05) is 0 Å². The largest absolute Gasteiger partial charge is 0.456 e. The maximum Gasteiger partial charge on any atom is 0.236 e. The lowest BCUT2D eigenvalue weighted by atomic mass is 9.69. The van der Waals surface area contributed by atoms with E-state index >= 15 is 0 Å². The van der Waals surface area contributed by atoms with Gasteiger partial charge in [-0.2, -0.15) is 4.99 Å². The Balaban J connectivity index is 1.05. The lowest BCUT2D eigenvalue weighted by molar-refractivity contribution is 0.669. The number of benzene rings is 7. The molecule has 2 aromatic heterocycles. The van der Waals surface area contributed by atoms with Gasteiger partial charge in [0.05, 0.1) is 16.4 Å². The summed E-state index contributed by atoms with van der Waals surface area (Å²) in [6, 6.07) is 53.4. The van der Waals surface area contributed by atoms with Gasteiger partial charge in [-0.05, 0) is 106 Å². The zero-order valence-corrected chi connectivity index (χ0v) is 31.0. The van der Waals surface area contributed by atoms with E-state index in [2.05, 4.69) is 144 Å². The molecule has 0 fully saturated rings. The molecule has 3 aliphatic rings. The van der Waals surface area contributed by atoms with Gasteiger partial charge in [0, 0.05) is 27.1 Å². The van der Waals surface area contributed by atoms with Crippen LogP contribution in [0.1, 0.15) is 40.7 Å². The first-order valence-electron chi connectivity index (χ1n) is 19.5. The van der Waals surface area contributed by atoms with Crippen LogP contribution in [0.2, 0.25) is 0 Å². The first-order chi connectivity index (χ1) is 28.2. The van der Waals surface area contributed by atoms with Crippen molar-refractivity contribution in [3.05, 3.63) is 197 Å². The summed E-state index contributed by atoms with van der Waals surface area (Å²) in [5.74, 6) is 0.430. The van der Waals surface area contributed by atoms with Crippen LogP contribution in [0.15, 0.2) is 184 Å². The third-order valence-electron chi connectivity index (χ3n) is 12.5. The van der Waals surface area contributed by atoms with Crippen molar-refractivity contribution in [3.8, 4) is 22.3 Å². The number of para-hydroxylation sites is 1. The fourth-order valence-electron chi connectivity index (χ4n) is 10.3. The van der Waals surface area contributed by atoms with Crippen LogP contribution in [-0.2, 0) is 5.41 Å². The first kappa shape index (κ1) is 31.9. The highest BCUT2D eigenvalue weighted by molar-refractivity contribution is 6.21. The number of hydrogen-bond donors (Lipinski definition) is 1. The van der Waals surface area contributed by atoms with Gasteiger partial charge >= 0.3 is 0 Å². The average Bonchev–Trinajstić information content (AvgIpc) is 3.99. The first-order valence-corrected chi connectivity index (χ1v) is 19.5. The molecule has 5 heteroatoms. The Hall–Kier alpha value is -7.37. The molecule has 0 bridgehead atoms. The average molecular weight is 731 g/mol. The molecule has 9 aromatic rings. The third kappa shape index (κ3) is 4.20. The molecule has 268 valence electrons. The standard InChI is InChI=1S/C52H34N4O/c1-54-51(55-50(53)32-26-27-38-46(30-32)57-45-25-13-20-33(47(38)45)31-14-3-2-4-15-31)56-43-24-12-8-19-37(43)49-44(56)29-28-42-48(49)36-18-7-11-23-41(36)52(42)39-21-9-5-16-34(39)35-17-6-10-22-40(35)52/h2-6,8-17,19-30,53H,1,7,18H2. The number of aromatic nitrogens is 1. The Bertz CT molecular complexity index is 3290. The van der Waals surface area contributed by atoms with Crippen molar-refractivity contribution >= 4 is 67.8 Å². The van der Waals surface area contributed by atoms with E-state index in [1.807, 2.05) is 36.4 Å². The van der Waals surface area contributed by atoms with Crippen LogP contribution in [0.3, 0.4) is 0 Å². The summed E-state index contributed by atoms with van der Waals surface area (Å²) < 4.78 is 8.48. The number of aliphatic imine (C=N–C) groups is 2. The Labute approximate surface area is 328 Å². The van der Waals surface area contributed by atoms with Gasteiger partial charge in [0.15, 0.2) is 5.84 Å². The molecule has 5 nitrogen and oxygen atoms in total. The lowest BCUT2D eigenvalue weighted by Gasteiger charge is -2.32. The van der Waals surface area contributed by atoms with Crippen LogP contribution in [0, 0.1) is 5.41 Å². The van der Waals surface area contributed by atoms with Gasteiger partial charge in [-0.3, -0.25) is 9.98 Å². The van der Waals surface area contributed by atoms with Crippen LogP contribution in [-0.4, -0.2) is 23.1 Å². The molecule has 1 N–H and O–H groups in total. The number of allylic oxidation sites excluding steroid dienone is 4. The summed E-state index contributed by atoms with van der Waals surface area (Å²) in [4.78, 5) is 9.43. The highest BCUT2D eigenvalue weighted by Crippen LogP contribution is 2.64. The minimum absolute atomic E-state index is 0.0793. The van der Waals surface area contributed by atoms with Crippen LogP contribution in [0.25, 0.3) is 71.6 Å². The van der Waals surface area contributed by atoms with E-state index < -0.39 is 5.41 Å². The Kier molecular flexibility index (Phi) is 6.62. The van der Waals surface area contributed by atoms with Crippen LogP contribution < -0.4 is 0 Å². The maximum atomic E-state index is 9.31. The van der Waals surface area contributed by atoms with Crippen molar-refractivity contribution < 1.29 is 4.42 Å². The van der Waals surface area contributed by atoms with Crippen LogP contribution in [0.4, 0.5) is 0 Å². The van der Waals surface area contributed by atoms with E-state index in [4.69, 9.17) is 9.41 Å². The number of hydrogen-bond acceptors (Lipinski definition) is 2. The molecule has 0 aliphatic heterocycles. The Morgan fingerprint density at radius 1 is 0.649 bits per heavy atom. The SMILES string of the molecule is C=NC(=NC(=N)c1ccc2c(c1)oc1cccc(-c3ccccc3)c12)n1c2ccccc2c2c3c(ccc21)C1(C2=C3CCC=C2)c2ccccc2-c2ccccc21. The molecule has 57 heavy (non-hydrogen) atoms. The Morgan fingerprint density at radius 2 is 1.39 bits per heavy atom. The van der Waals surface area contributed by atoms with Gasteiger partial charge in [0.2, 0.25) is 5.96 Å². The Morgan fingerprint density at radius 3 is 2.19 bits per heavy atom. The summed E-state index contributed by atoms with van der Waals surface area (Å²) >= 11 is 0. The number of rotatable bonds is 2. The monoisotopic (exact) mass is 730 g/mol. The normalized spacial score (nSPS) is 15.1. The smallest absolute Gasteiger partial charge is 0.236 e. The molecule has 7 aromatic carbocycles. The number of nitrogens with zero attached hydrogens (tertiary/aromatic N) is 3. The molecule has 0 amide bonds. The van der Waals surface area contributed by atoms with Crippen molar-refractivity contribution in [2.45, 2.75) is 18.3 Å².